The summed E-state index contributed by atoms with van der Waals surface area (Å²) >= 11 is 1.43. The van der Waals surface area contributed by atoms with Crippen molar-refractivity contribution in [3.8, 4) is 0 Å². The average Bonchev–Trinajstić information content (AvgIpc) is 2.05. The Hall–Kier alpha value is -0.510. The first-order chi connectivity index (χ1) is 4.84. The predicted molar refractivity (Wildman–Crippen MR) is 41.1 cm³/mol. The van der Waals surface area contributed by atoms with Gasteiger partial charge in [-0.25, -0.2) is 9.19 Å². The smallest absolute Gasteiger partial charge is 0.353 e. The summed E-state index contributed by atoms with van der Waals surface area (Å²) in [6.07, 6.45) is 1.79. The molecule has 0 amide bonds. The molecule has 0 aromatic rings. The molecule has 0 aromatic heterocycles. The van der Waals surface area contributed by atoms with Crippen LogP contribution in [0.2, 0.25) is 0 Å². The summed E-state index contributed by atoms with van der Waals surface area (Å²) < 4.78 is 8.47. The zero-order valence-electron chi connectivity index (χ0n) is 5.79. The summed E-state index contributed by atoms with van der Waals surface area (Å²) in [5, 5.41) is 0. The third-order valence-corrected chi connectivity index (χ3v) is 2.07. The summed E-state index contributed by atoms with van der Waals surface area (Å²) in [7, 11) is 1.38. The van der Waals surface area contributed by atoms with Crippen LogP contribution in [0.5, 0.6) is 0 Å². The van der Waals surface area contributed by atoms with E-state index < -0.39 is 0 Å². The maximum absolute atomic E-state index is 10.8. The second-order valence-electron chi connectivity index (χ2n) is 1.97. The molecule has 0 spiro atoms. The molecule has 0 aliphatic carbocycles. The fourth-order valence-corrected chi connectivity index (χ4v) is 1.42. The number of ether oxygens (including phenoxy) is 1. The van der Waals surface area contributed by atoms with Gasteiger partial charge >= 0.3 is 5.97 Å². The molecular weight excluding hydrogens is 150 g/mol. The second-order valence-corrected chi connectivity index (χ2v) is 2.82. The van der Waals surface area contributed by atoms with Crippen LogP contribution in [-0.2, 0) is 9.53 Å². The Morgan fingerprint density at radius 2 is 2.60 bits per heavy atom. The molecule has 0 N–H and O–H groups in total. The number of rotatable bonds is 1. The molecule has 0 radical (unpaired) electrons. The van der Waals surface area contributed by atoms with Crippen molar-refractivity contribution in [2.24, 2.45) is 4.40 Å². The number of esters is 1. The lowest BCUT2D eigenvalue weighted by atomic mass is 10.2. The molecule has 1 aliphatic rings. The van der Waals surface area contributed by atoms with Gasteiger partial charge in [0.1, 0.15) is 5.71 Å². The van der Waals surface area contributed by atoms with Crippen LogP contribution in [-0.4, -0.2) is 24.5 Å². The molecule has 0 saturated carbocycles. The summed E-state index contributed by atoms with van der Waals surface area (Å²) in [6.45, 7) is 0. The first-order valence-corrected chi connectivity index (χ1v) is 4.06. The van der Waals surface area contributed by atoms with Gasteiger partial charge in [-0.1, -0.05) is 0 Å². The Kier molecular flexibility index (Phi) is 2.74. The van der Waals surface area contributed by atoms with Crippen LogP contribution in [0.3, 0.4) is 0 Å². The van der Waals surface area contributed by atoms with Gasteiger partial charge in [0.05, 0.1) is 7.11 Å². The third kappa shape index (κ3) is 1.73. The van der Waals surface area contributed by atoms with E-state index in [1.54, 1.807) is 0 Å². The maximum Gasteiger partial charge on any atom is 0.353 e. The highest BCUT2D eigenvalue weighted by atomic mass is 32.2. The lowest BCUT2D eigenvalue weighted by molar-refractivity contribution is -0.132. The van der Waals surface area contributed by atoms with E-state index in [4.69, 9.17) is 0 Å². The van der Waals surface area contributed by atoms with Crippen molar-refractivity contribution >= 4 is 23.6 Å². The van der Waals surface area contributed by atoms with Crippen molar-refractivity contribution in [1.82, 2.24) is 0 Å². The quantitative estimate of drug-likeness (QED) is 0.424. The average molecular weight is 159 g/mol. The van der Waals surface area contributed by atoms with E-state index in [1.807, 2.05) is 0 Å². The second kappa shape index (κ2) is 3.61. The number of nitrogens with zero attached hydrogens (tertiary/aromatic N) is 1. The number of methoxy groups -OCH3 is 1. The molecule has 0 fully saturated rings. The van der Waals surface area contributed by atoms with Crippen LogP contribution in [0.1, 0.15) is 12.8 Å². The normalized spacial score (nSPS) is 17.9. The SMILES string of the molecule is COC(=O)C1=NSCCC1. The van der Waals surface area contributed by atoms with E-state index in [-0.39, 0.29) is 5.97 Å². The first-order valence-electron chi connectivity index (χ1n) is 3.11. The molecular formula is C6H9NO2S. The predicted octanol–water partition coefficient (Wildman–Crippen LogP) is 1.04. The highest BCUT2D eigenvalue weighted by Crippen LogP contribution is 2.15. The van der Waals surface area contributed by atoms with Gasteiger partial charge in [0.15, 0.2) is 0 Å². The van der Waals surface area contributed by atoms with Gasteiger partial charge in [-0.2, -0.15) is 0 Å². The molecule has 1 aliphatic heterocycles. The fraction of sp³-hybridized carbons (Fsp3) is 0.667. The van der Waals surface area contributed by atoms with Crippen molar-refractivity contribution in [1.29, 1.82) is 0 Å². The number of carbonyl (C=O) groups excluding carboxylic acids is 1. The first kappa shape index (κ1) is 7.60. The molecule has 0 atom stereocenters. The van der Waals surface area contributed by atoms with Crippen LogP contribution in [0.25, 0.3) is 0 Å². The molecule has 0 aromatic carbocycles. The molecule has 0 unspecified atom stereocenters. The molecule has 1 rings (SSSR count). The van der Waals surface area contributed by atoms with Gasteiger partial charge in [-0.3, -0.25) is 0 Å². The largest absolute Gasteiger partial charge is 0.465 e. The fourth-order valence-electron chi connectivity index (χ4n) is 0.731. The minimum absolute atomic E-state index is 0.285. The summed E-state index contributed by atoms with van der Waals surface area (Å²) in [5.74, 6) is 0.729. The van der Waals surface area contributed by atoms with Gasteiger partial charge in [0.2, 0.25) is 0 Å². The van der Waals surface area contributed by atoms with E-state index in [9.17, 15) is 4.79 Å². The van der Waals surface area contributed by atoms with Crippen LogP contribution in [0.15, 0.2) is 4.40 Å². The topological polar surface area (TPSA) is 38.7 Å². The van der Waals surface area contributed by atoms with Gasteiger partial charge in [0.25, 0.3) is 0 Å². The van der Waals surface area contributed by atoms with E-state index in [1.165, 1.54) is 19.1 Å². The van der Waals surface area contributed by atoms with Crippen LogP contribution in [0.4, 0.5) is 0 Å². The summed E-state index contributed by atoms with van der Waals surface area (Å²) in [4.78, 5) is 10.8. The van der Waals surface area contributed by atoms with E-state index in [0.29, 0.717) is 5.71 Å². The van der Waals surface area contributed by atoms with E-state index >= 15 is 0 Å². The maximum atomic E-state index is 10.8. The van der Waals surface area contributed by atoms with Crippen molar-refractivity contribution in [2.75, 3.05) is 12.9 Å². The zero-order chi connectivity index (χ0) is 7.40. The Labute approximate surface area is 64.0 Å². The lowest BCUT2D eigenvalue weighted by Gasteiger charge is -2.07. The Balaban J connectivity index is 2.53. The van der Waals surface area contributed by atoms with E-state index in [0.717, 1.165) is 18.6 Å². The molecule has 3 nitrogen and oxygen atoms in total. The molecule has 1 heterocycles. The van der Waals surface area contributed by atoms with Gasteiger partial charge in [0, 0.05) is 5.75 Å². The minimum Gasteiger partial charge on any atom is -0.465 e. The van der Waals surface area contributed by atoms with Crippen molar-refractivity contribution in [2.45, 2.75) is 12.8 Å². The Morgan fingerprint density at radius 1 is 1.80 bits per heavy atom. The highest BCUT2D eigenvalue weighted by Gasteiger charge is 2.13. The molecule has 0 saturated heterocycles. The number of carbonyl (C=O) groups is 1. The lowest BCUT2D eigenvalue weighted by Crippen LogP contribution is -2.17. The molecule has 4 heteroatoms. The van der Waals surface area contributed by atoms with E-state index in [2.05, 4.69) is 9.13 Å². The third-order valence-electron chi connectivity index (χ3n) is 1.24. The van der Waals surface area contributed by atoms with Crippen LogP contribution >= 0.6 is 11.9 Å². The van der Waals surface area contributed by atoms with Gasteiger partial charge in [-0.15, -0.1) is 0 Å². The van der Waals surface area contributed by atoms with Crippen molar-refractivity contribution in [3.63, 3.8) is 0 Å². The Morgan fingerprint density at radius 3 is 3.10 bits per heavy atom. The van der Waals surface area contributed by atoms with Crippen LogP contribution < -0.4 is 0 Å². The molecule has 56 valence electrons. The summed E-state index contributed by atoms with van der Waals surface area (Å²) in [6, 6.07) is 0. The number of hydrogen-bond acceptors (Lipinski definition) is 4. The number of hydrogen-bond donors (Lipinski definition) is 0. The molecule has 0 bridgehead atoms. The van der Waals surface area contributed by atoms with Crippen molar-refractivity contribution in [3.05, 3.63) is 0 Å². The zero-order valence-corrected chi connectivity index (χ0v) is 6.61. The Bertz CT molecular complexity index is 167. The van der Waals surface area contributed by atoms with Crippen molar-refractivity contribution < 1.29 is 9.53 Å². The van der Waals surface area contributed by atoms with Gasteiger partial charge in [-0.05, 0) is 24.8 Å². The highest BCUT2D eigenvalue weighted by molar-refractivity contribution is 7.98. The van der Waals surface area contributed by atoms with Gasteiger partial charge < -0.3 is 4.74 Å². The minimum atomic E-state index is -0.285. The van der Waals surface area contributed by atoms with Crippen LogP contribution in [0, 0.1) is 0 Å². The molecule has 10 heavy (non-hydrogen) atoms. The monoisotopic (exact) mass is 159 g/mol. The standard InChI is InChI=1S/C6H9NO2S/c1-9-6(8)5-3-2-4-10-7-5/h2-4H2,1H3. The summed E-state index contributed by atoms with van der Waals surface area (Å²) in [5.41, 5.74) is 0.568.